The molecule has 2 heterocycles. The molecule has 1 fully saturated rings. The molecule has 1 aromatic carbocycles. The van der Waals surface area contributed by atoms with E-state index in [1.165, 1.54) is 13.1 Å². The minimum absolute atomic E-state index is 0.205. The van der Waals surface area contributed by atoms with Crippen molar-refractivity contribution in [2.75, 3.05) is 6.61 Å². The standard InChI is InChI=1S/C19H18ClN3O3/c1-22-18(25)14-9-16(24)23(10-15(14)17(20)21-22)19(7-8-19)12-26-11-13-5-3-2-4-6-13/h2-6,9-10H,7-8,11-12H2,1H3. The predicted molar refractivity (Wildman–Crippen MR) is 99.6 cm³/mol. The number of halogens is 1. The molecule has 3 aromatic rings. The summed E-state index contributed by atoms with van der Waals surface area (Å²) < 4.78 is 8.66. The highest BCUT2D eigenvalue weighted by atomic mass is 35.5. The Balaban J connectivity index is 1.64. The Kier molecular flexibility index (Phi) is 4.17. The Labute approximate surface area is 154 Å². The van der Waals surface area contributed by atoms with E-state index in [-0.39, 0.29) is 27.2 Å². The van der Waals surface area contributed by atoms with E-state index in [9.17, 15) is 9.59 Å². The molecule has 0 bridgehead atoms. The van der Waals surface area contributed by atoms with Gasteiger partial charge in [-0.2, -0.15) is 5.10 Å². The van der Waals surface area contributed by atoms with E-state index >= 15 is 0 Å². The SMILES string of the molecule is Cn1nc(Cl)c2cn(C3(COCc4ccccc4)CC3)c(=O)cc2c1=O. The van der Waals surface area contributed by atoms with Crippen LogP contribution in [0.1, 0.15) is 18.4 Å². The van der Waals surface area contributed by atoms with E-state index < -0.39 is 0 Å². The fraction of sp³-hybridized carbons (Fsp3) is 0.316. The number of fused-ring (bicyclic) bond motifs is 1. The Hall–Kier alpha value is -2.44. The van der Waals surface area contributed by atoms with Crippen LogP contribution < -0.4 is 11.1 Å². The molecule has 0 unspecified atom stereocenters. The summed E-state index contributed by atoms with van der Waals surface area (Å²) in [5.41, 5.74) is 0.158. The van der Waals surface area contributed by atoms with Crippen LogP contribution in [-0.4, -0.2) is 21.0 Å². The summed E-state index contributed by atoms with van der Waals surface area (Å²) in [4.78, 5) is 24.8. The molecule has 1 aliphatic carbocycles. The van der Waals surface area contributed by atoms with Gasteiger partial charge in [0.2, 0.25) is 0 Å². The van der Waals surface area contributed by atoms with Crippen LogP contribution in [0.25, 0.3) is 10.8 Å². The van der Waals surface area contributed by atoms with Crippen molar-refractivity contribution in [2.24, 2.45) is 7.05 Å². The highest BCUT2D eigenvalue weighted by molar-refractivity contribution is 6.34. The largest absolute Gasteiger partial charge is 0.374 e. The number of aryl methyl sites for hydroxylation is 1. The maximum Gasteiger partial charge on any atom is 0.274 e. The Bertz CT molecular complexity index is 1080. The molecule has 0 amide bonds. The third-order valence-electron chi connectivity index (χ3n) is 4.86. The van der Waals surface area contributed by atoms with Crippen LogP contribution in [0.3, 0.4) is 0 Å². The number of ether oxygens (including phenoxy) is 1. The number of aromatic nitrogens is 3. The molecular weight excluding hydrogens is 354 g/mol. The summed E-state index contributed by atoms with van der Waals surface area (Å²) in [5.74, 6) is 0. The Morgan fingerprint density at radius 1 is 1.19 bits per heavy atom. The highest BCUT2D eigenvalue weighted by Gasteiger charge is 2.45. The molecule has 0 spiro atoms. The summed E-state index contributed by atoms with van der Waals surface area (Å²) in [7, 11) is 1.51. The van der Waals surface area contributed by atoms with Crippen LogP contribution in [0.4, 0.5) is 0 Å². The second-order valence-corrected chi connectivity index (χ2v) is 7.09. The lowest BCUT2D eigenvalue weighted by Crippen LogP contribution is -2.34. The number of hydrogen-bond donors (Lipinski definition) is 0. The molecule has 1 saturated carbocycles. The van der Waals surface area contributed by atoms with E-state index in [2.05, 4.69) is 5.10 Å². The zero-order valence-corrected chi connectivity index (χ0v) is 15.1. The topological polar surface area (TPSA) is 66.1 Å². The molecule has 0 radical (unpaired) electrons. The Morgan fingerprint density at radius 2 is 1.92 bits per heavy atom. The van der Waals surface area contributed by atoms with Gasteiger partial charge in [-0.3, -0.25) is 9.59 Å². The van der Waals surface area contributed by atoms with E-state index in [0.29, 0.717) is 18.6 Å². The van der Waals surface area contributed by atoms with Gasteiger partial charge in [-0.25, -0.2) is 4.68 Å². The van der Waals surface area contributed by atoms with E-state index in [1.54, 1.807) is 10.8 Å². The molecule has 26 heavy (non-hydrogen) atoms. The second-order valence-electron chi connectivity index (χ2n) is 6.73. The van der Waals surface area contributed by atoms with E-state index in [4.69, 9.17) is 16.3 Å². The summed E-state index contributed by atoms with van der Waals surface area (Å²) in [6.45, 7) is 0.928. The van der Waals surface area contributed by atoms with Gasteiger partial charge in [0.25, 0.3) is 11.1 Å². The number of rotatable bonds is 5. The first-order chi connectivity index (χ1) is 12.5. The number of hydrogen-bond acceptors (Lipinski definition) is 4. The van der Waals surface area contributed by atoms with Crippen LogP contribution in [0.5, 0.6) is 0 Å². The molecule has 0 aliphatic heterocycles. The lowest BCUT2D eigenvalue weighted by atomic mass is 10.2. The van der Waals surface area contributed by atoms with Crippen molar-refractivity contribution in [1.29, 1.82) is 0 Å². The van der Waals surface area contributed by atoms with Crippen molar-refractivity contribution in [3.05, 3.63) is 74.0 Å². The molecule has 134 valence electrons. The van der Waals surface area contributed by atoms with Crippen molar-refractivity contribution < 1.29 is 4.74 Å². The fourth-order valence-corrected chi connectivity index (χ4v) is 3.45. The third-order valence-corrected chi connectivity index (χ3v) is 5.14. The zero-order chi connectivity index (χ0) is 18.3. The van der Waals surface area contributed by atoms with Crippen LogP contribution in [0.15, 0.2) is 52.2 Å². The fourth-order valence-electron chi connectivity index (χ4n) is 3.18. The average Bonchev–Trinajstić information content (AvgIpc) is 3.41. The van der Waals surface area contributed by atoms with Gasteiger partial charge < -0.3 is 9.30 Å². The quantitative estimate of drug-likeness (QED) is 0.691. The predicted octanol–water partition coefficient (Wildman–Crippen LogP) is 2.45. The van der Waals surface area contributed by atoms with Gasteiger partial charge in [0.1, 0.15) is 0 Å². The van der Waals surface area contributed by atoms with Crippen molar-refractivity contribution in [2.45, 2.75) is 25.0 Å². The normalized spacial score (nSPS) is 15.3. The molecule has 0 N–H and O–H groups in total. The average molecular weight is 372 g/mol. The van der Waals surface area contributed by atoms with Gasteiger partial charge in [-0.05, 0) is 18.4 Å². The lowest BCUT2D eigenvalue weighted by molar-refractivity contribution is 0.0800. The van der Waals surface area contributed by atoms with Crippen LogP contribution in [-0.2, 0) is 23.9 Å². The minimum atomic E-state index is -0.371. The highest BCUT2D eigenvalue weighted by Crippen LogP contribution is 2.43. The molecule has 1 aliphatic rings. The third kappa shape index (κ3) is 2.95. The van der Waals surface area contributed by atoms with E-state index in [1.807, 2.05) is 30.3 Å². The zero-order valence-electron chi connectivity index (χ0n) is 14.3. The first-order valence-corrected chi connectivity index (χ1v) is 8.79. The van der Waals surface area contributed by atoms with E-state index in [0.717, 1.165) is 23.1 Å². The number of nitrogens with zero attached hydrogens (tertiary/aromatic N) is 3. The van der Waals surface area contributed by atoms with Crippen LogP contribution in [0.2, 0.25) is 5.15 Å². The first-order valence-electron chi connectivity index (χ1n) is 8.42. The molecule has 7 heteroatoms. The first kappa shape index (κ1) is 17.0. The molecule has 2 aromatic heterocycles. The van der Waals surface area contributed by atoms with Crippen LogP contribution in [0, 0.1) is 0 Å². The van der Waals surface area contributed by atoms with Gasteiger partial charge in [-0.1, -0.05) is 41.9 Å². The Morgan fingerprint density at radius 3 is 2.62 bits per heavy atom. The smallest absolute Gasteiger partial charge is 0.274 e. The maximum atomic E-state index is 12.6. The van der Waals surface area contributed by atoms with Gasteiger partial charge in [0.05, 0.1) is 24.1 Å². The molecular formula is C19H18ClN3O3. The summed E-state index contributed by atoms with van der Waals surface area (Å²) in [6.07, 6.45) is 3.35. The molecule has 6 nitrogen and oxygen atoms in total. The second kappa shape index (κ2) is 6.37. The molecule has 0 atom stereocenters. The van der Waals surface area contributed by atoms with Crippen molar-refractivity contribution in [1.82, 2.24) is 14.3 Å². The number of pyridine rings is 1. The van der Waals surface area contributed by atoms with Crippen molar-refractivity contribution in [3.8, 4) is 0 Å². The molecule has 0 saturated heterocycles. The van der Waals surface area contributed by atoms with Gasteiger partial charge >= 0.3 is 0 Å². The van der Waals surface area contributed by atoms with Crippen LogP contribution >= 0.6 is 11.6 Å². The van der Waals surface area contributed by atoms with Gasteiger partial charge in [-0.15, -0.1) is 0 Å². The lowest BCUT2D eigenvalue weighted by Gasteiger charge is -2.19. The van der Waals surface area contributed by atoms with Gasteiger partial charge in [0, 0.05) is 24.7 Å². The maximum absolute atomic E-state index is 12.6. The van der Waals surface area contributed by atoms with Crippen molar-refractivity contribution in [3.63, 3.8) is 0 Å². The van der Waals surface area contributed by atoms with Crippen molar-refractivity contribution >= 4 is 22.4 Å². The summed E-state index contributed by atoms with van der Waals surface area (Å²) in [6, 6.07) is 11.3. The molecule has 4 rings (SSSR count). The monoisotopic (exact) mass is 371 g/mol. The summed E-state index contributed by atoms with van der Waals surface area (Å²) >= 11 is 6.20. The summed E-state index contributed by atoms with van der Waals surface area (Å²) in [5, 5.41) is 4.98. The number of benzene rings is 1. The minimum Gasteiger partial charge on any atom is -0.374 e. The van der Waals surface area contributed by atoms with Gasteiger partial charge in [0.15, 0.2) is 5.15 Å².